The zero-order chi connectivity index (χ0) is 25.9. The molecular weight excluding hydrogens is 484 g/mol. The fraction of sp³-hybridized carbons (Fsp3) is 0.286. The van der Waals surface area contributed by atoms with E-state index < -0.39 is 0 Å². The van der Waals surface area contributed by atoms with Crippen LogP contribution in [-0.2, 0) is 0 Å². The van der Waals surface area contributed by atoms with Crippen molar-refractivity contribution < 1.29 is 9.53 Å². The van der Waals surface area contributed by atoms with E-state index in [4.69, 9.17) is 14.7 Å². The van der Waals surface area contributed by atoms with Gasteiger partial charge in [-0.05, 0) is 55.7 Å². The van der Waals surface area contributed by atoms with E-state index in [-0.39, 0.29) is 5.78 Å². The highest BCUT2D eigenvalue weighted by Crippen LogP contribution is 2.32. The molecule has 5 aromatic rings. The smallest absolute Gasteiger partial charge is 0.219 e. The molecule has 9 heteroatoms. The van der Waals surface area contributed by atoms with Crippen molar-refractivity contribution in [3.05, 3.63) is 59.6 Å². The Labute approximate surface area is 219 Å². The first kappa shape index (κ1) is 24.9. The second kappa shape index (κ2) is 10.7. The zero-order valence-corrected chi connectivity index (χ0v) is 22.2. The Balaban J connectivity index is 1.47. The Bertz CT molecular complexity index is 1560. The van der Waals surface area contributed by atoms with Gasteiger partial charge in [0.25, 0.3) is 0 Å². The minimum atomic E-state index is 0.186. The fourth-order valence-corrected chi connectivity index (χ4v) is 5.02. The molecule has 0 unspecified atom stereocenters. The summed E-state index contributed by atoms with van der Waals surface area (Å²) < 4.78 is 7.02. The van der Waals surface area contributed by atoms with Gasteiger partial charge in [-0.2, -0.15) is 10.1 Å². The van der Waals surface area contributed by atoms with Crippen LogP contribution in [0.4, 0.5) is 11.5 Å². The maximum Gasteiger partial charge on any atom is 0.219 e. The molecule has 8 nitrogen and oxygen atoms in total. The lowest BCUT2D eigenvalue weighted by atomic mass is 10.1. The first-order valence-corrected chi connectivity index (χ1v) is 13.1. The molecule has 0 aliphatic heterocycles. The minimum Gasteiger partial charge on any atom is -0.476 e. The summed E-state index contributed by atoms with van der Waals surface area (Å²) in [4.78, 5) is 25.0. The van der Waals surface area contributed by atoms with E-state index in [2.05, 4.69) is 34.3 Å². The molecule has 0 atom stereocenters. The lowest BCUT2D eigenvalue weighted by Crippen LogP contribution is -2.19. The van der Waals surface area contributed by atoms with Crippen LogP contribution in [0.15, 0.2) is 54.7 Å². The standard InChI is InChI=1S/C28H30N6O2S/c1-17(2)11-23(35)25-13-18-5-6-19(14-24(18)37-25)28-31-26(15-27(32-28)36-10-9-34(3)4)30-21-7-8-22-20(12-21)16-29-33-22/h5-8,12-17H,9-11H2,1-4H3,(H,29,33)(H,30,31,32). The van der Waals surface area contributed by atoms with Crippen LogP contribution in [0, 0.1) is 5.92 Å². The van der Waals surface area contributed by atoms with E-state index in [0.29, 0.717) is 36.5 Å². The van der Waals surface area contributed by atoms with Crippen LogP contribution < -0.4 is 10.1 Å². The molecule has 3 heterocycles. The highest BCUT2D eigenvalue weighted by atomic mass is 32.1. The quantitative estimate of drug-likeness (QED) is 0.216. The van der Waals surface area contributed by atoms with Gasteiger partial charge in [0.2, 0.25) is 5.88 Å². The average molecular weight is 515 g/mol. The van der Waals surface area contributed by atoms with E-state index >= 15 is 0 Å². The van der Waals surface area contributed by atoms with Crippen molar-refractivity contribution in [2.24, 2.45) is 5.92 Å². The van der Waals surface area contributed by atoms with Crippen LogP contribution in [0.2, 0.25) is 0 Å². The van der Waals surface area contributed by atoms with E-state index in [1.807, 2.05) is 62.6 Å². The topological polar surface area (TPSA) is 96.0 Å². The van der Waals surface area contributed by atoms with Gasteiger partial charge in [-0.3, -0.25) is 9.89 Å². The van der Waals surface area contributed by atoms with Crippen LogP contribution in [0.3, 0.4) is 0 Å². The molecule has 190 valence electrons. The molecule has 37 heavy (non-hydrogen) atoms. The molecule has 2 aromatic carbocycles. The summed E-state index contributed by atoms with van der Waals surface area (Å²) in [6.45, 7) is 5.41. The third kappa shape index (κ3) is 5.95. The number of benzene rings is 2. The van der Waals surface area contributed by atoms with Gasteiger partial charge in [0.15, 0.2) is 11.6 Å². The fourth-order valence-electron chi connectivity index (χ4n) is 3.97. The number of hydrogen-bond acceptors (Lipinski definition) is 8. The maximum atomic E-state index is 12.6. The molecule has 2 N–H and O–H groups in total. The number of nitrogens with zero attached hydrogens (tertiary/aromatic N) is 4. The highest BCUT2D eigenvalue weighted by molar-refractivity contribution is 7.20. The van der Waals surface area contributed by atoms with Crippen molar-refractivity contribution in [3.8, 4) is 17.3 Å². The molecule has 0 bridgehead atoms. The lowest BCUT2D eigenvalue weighted by Gasteiger charge is -2.13. The molecule has 5 rings (SSSR count). The number of hydrogen-bond donors (Lipinski definition) is 2. The highest BCUT2D eigenvalue weighted by Gasteiger charge is 2.14. The number of fused-ring (bicyclic) bond motifs is 2. The second-order valence-corrected chi connectivity index (χ2v) is 10.8. The van der Waals surface area contributed by atoms with Crippen molar-refractivity contribution >= 4 is 49.6 Å². The van der Waals surface area contributed by atoms with E-state index in [1.165, 1.54) is 11.3 Å². The first-order valence-electron chi connectivity index (χ1n) is 12.3. The summed E-state index contributed by atoms with van der Waals surface area (Å²) in [6, 6.07) is 15.8. The SMILES string of the molecule is CC(C)CC(=O)c1cc2ccc(-c3nc(Nc4ccc5[nH]ncc5c4)cc(OCCN(C)C)n3)cc2s1. The summed E-state index contributed by atoms with van der Waals surface area (Å²) in [6.07, 6.45) is 2.34. The van der Waals surface area contributed by atoms with Gasteiger partial charge in [0.05, 0.1) is 16.6 Å². The minimum absolute atomic E-state index is 0.186. The van der Waals surface area contributed by atoms with Crippen LogP contribution in [-0.4, -0.2) is 58.1 Å². The number of anilines is 2. The van der Waals surface area contributed by atoms with Gasteiger partial charge >= 0.3 is 0 Å². The number of H-pyrrole nitrogens is 1. The summed E-state index contributed by atoms with van der Waals surface area (Å²) in [5.41, 5.74) is 2.72. The van der Waals surface area contributed by atoms with Crippen LogP contribution in [0.5, 0.6) is 5.88 Å². The Kier molecular flexibility index (Phi) is 7.16. The van der Waals surface area contributed by atoms with Gasteiger partial charge in [0.1, 0.15) is 12.4 Å². The molecular formula is C28H30N6O2S. The summed E-state index contributed by atoms with van der Waals surface area (Å²) in [5, 5.41) is 12.5. The van der Waals surface area contributed by atoms with Crippen molar-refractivity contribution in [1.82, 2.24) is 25.1 Å². The Morgan fingerprint density at radius 3 is 2.76 bits per heavy atom. The normalized spacial score (nSPS) is 11.6. The average Bonchev–Trinajstić information content (AvgIpc) is 3.49. The maximum absolute atomic E-state index is 12.6. The molecule has 0 amide bonds. The number of carbonyl (C=O) groups is 1. The second-order valence-electron chi connectivity index (χ2n) is 9.75. The third-order valence-electron chi connectivity index (χ3n) is 5.85. The Morgan fingerprint density at radius 2 is 1.95 bits per heavy atom. The van der Waals surface area contributed by atoms with Gasteiger partial charge in [-0.15, -0.1) is 11.3 Å². The molecule has 3 aromatic heterocycles. The van der Waals surface area contributed by atoms with Crippen molar-refractivity contribution in [1.29, 1.82) is 0 Å². The Hall–Kier alpha value is -3.82. The molecule has 0 aliphatic carbocycles. The van der Waals surface area contributed by atoms with E-state index in [9.17, 15) is 4.79 Å². The lowest BCUT2D eigenvalue weighted by molar-refractivity contribution is 0.0972. The number of aromatic nitrogens is 4. The van der Waals surface area contributed by atoms with Gasteiger partial charge in [-0.25, -0.2) is 4.98 Å². The van der Waals surface area contributed by atoms with Crippen molar-refractivity contribution in [3.63, 3.8) is 0 Å². The number of ketones is 1. The van der Waals surface area contributed by atoms with E-state index in [1.54, 1.807) is 6.20 Å². The predicted molar refractivity (Wildman–Crippen MR) is 150 cm³/mol. The summed E-state index contributed by atoms with van der Waals surface area (Å²) >= 11 is 1.52. The molecule has 0 saturated heterocycles. The number of Topliss-reactive ketones (excluding diaryl/α,β-unsaturated/α-hetero) is 1. The predicted octanol–water partition coefficient (Wildman–Crippen LogP) is 6.15. The number of nitrogens with one attached hydrogen (secondary N) is 2. The summed E-state index contributed by atoms with van der Waals surface area (Å²) in [5.74, 6) is 2.20. The zero-order valence-electron chi connectivity index (χ0n) is 21.4. The number of rotatable bonds is 10. The monoisotopic (exact) mass is 514 g/mol. The first-order chi connectivity index (χ1) is 17.8. The van der Waals surface area contributed by atoms with Crippen LogP contribution in [0.25, 0.3) is 32.4 Å². The van der Waals surface area contributed by atoms with Crippen molar-refractivity contribution in [2.45, 2.75) is 20.3 Å². The van der Waals surface area contributed by atoms with Gasteiger partial charge in [-0.1, -0.05) is 26.0 Å². The summed E-state index contributed by atoms with van der Waals surface area (Å²) in [7, 11) is 4.01. The number of ether oxygens (including phenoxy) is 1. The number of carbonyl (C=O) groups excluding carboxylic acids is 1. The molecule has 0 aliphatic rings. The van der Waals surface area contributed by atoms with E-state index in [0.717, 1.165) is 43.7 Å². The van der Waals surface area contributed by atoms with Crippen LogP contribution in [0.1, 0.15) is 29.9 Å². The number of likely N-dealkylation sites (N-methyl/N-ethyl adjacent to an activating group) is 1. The molecule has 0 spiro atoms. The van der Waals surface area contributed by atoms with Gasteiger partial charge in [0, 0.05) is 40.4 Å². The molecule has 0 radical (unpaired) electrons. The largest absolute Gasteiger partial charge is 0.476 e. The molecule has 0 saturated carbocycles. The molecule has 0 fully saturated rings. The van der Waals surface area contributed by atoms with Crippen LogP contribution >= 0.6 is 11.3 Å². The number of aromatic amines is 1. The Morgan fingerprint density at radius 1 is 1.08 bits per heavy atom. The number of thiophene rings is 1. The van der Waals surface area contributed by atoms with Gasteiger partial charge < -0.3 is 15.0 Å². The van der Waals surface area contributed by atoms with Crippen molar-refractivity contribution in [2.75, 3.05) is 32.6 Å². The third-order valence-corrected chi connectivity index (χ3v) is 6.99.